The summed E-state index contributed by atoms with van der Waals surface area (Å²) in [6.07, 6.45) is 1.99. The van der Waals surface area contributed by atoms with Gasteiger partial charge in [-0.3, -0.25) is 9.59 Å². The van der Waals surface area contributed by atoms with E-state index in [1.807, 2.05) is 54.3 Å². The average Bonchev–Trinajstić information content (AvgIpc) is 3.23. The highest BCUT2D eigenvalue weighted by Gasteiger charge is 2.37. The van der Waals surface area contributed by atoms with Crippen molar-refractivity contribution in [2.45, 2.75) is 25.9 Å². The Bertz CT molecular complexity index is 1390. The van der Waals surface area contributed by atoms with E-state index in [-0.39, 0.29) is 11.8 Å². The molecule has 2 aromatic heterocycles. The van der Waals surface area contributed by atoms with Crippen LogP contribution >= 0.6 is 22.9 Å². The zero-order valence-electron chi connectivity index (χ0n) is 18.0. The molecule has 9 heteroatoms. The van der Waals surface area contributed by atoms with Gasteiger partial charge in [-0.25, -0.2) is 9.97 Å². The molecule has 0 bridgehead atoms. The molecule has 1 unspecified atom stereocenters. The molecular weight excluding hydrogens is 458 g/mol. The zero-order valence-corrected chi connectivity index (χ0v) is 19.6. The molecule has 7 nitrogen and oxygen atoms in total. The van der Waals surface area contributed by atoms with Crippen molar-refractivity contribution >= 4 is 61.6 Å². The molecule has 33 heavy (non-hydrogen) atoms. The first kappa shape index (κ1) is 21.6. The van der Waals surface area contributed by atoms with Gasteiger partial charge >= 0.3 is 0 Å². The van der Waals surface area contributed by atoms with Crippen LogP contribution in [0, 0.1) is 0 Å². The molecule has 1 atom stereocenters. The van der Waals surface area contributed by atoms with Gasteiger partial charge in [0, 0.05) is 34.7 Å². The van der Waals surface area contributed by atoms with Crippen LogP contribution in [0.2, 0.25) is 5.02 Å². The fraction of sp³-hybridized carbons (Fsp3) is 0.250. The highest BCUT2D eigenvalue weighted by molar-refractivity contribution is 7.20. The summed E-state index contributed by atoms with van der Waals surface area (Å²) in [5.74, 6) is 0.290. The van der Waals surface area contributed by atoms with Crippen LogP contribution in [-0.2, 0) is 11.3 Å². The van der Waals surface area contributed by atoms with Gasteiger partial charge in [-0.05, 0) is 47.7 Å². The smallest absolute Gasteiger partial charge is 0.264 e. The molecule has 2 aromatic carbocycles. The van der Waals surface area contributed by atoms with E-state index < -0.39 is 6.04 Å². The highest BCUT2D eigenvalue weighted by Crippen LogP contribution is 2.30. The lowest BCUT2D eigenvalue weighted by molar-refractivity contribution is -0.141. The number of carbonyl (C=O) groups excluding carboxylic acids is 2. The van der Waals surface area contributed by atoms with Gasteiger partial charge in [0.15, 0.2) is 0 Å². The summed E-state index contributed by atoms with van der Waals surface area (Å²) in [6.45, 7) is 3.36. The van der Waals surface area contributed by atoms with Gasteiger partial charge in [0.1, 0.15) is 18.2 Å². The van der Waals surface area contributed by atoms with Gasteiger partial charge in [-0.1, -0.05) is 30.7 Å². The highest BCUT2D eigenvalue weighted by atomic mass is 35.5. The standard InChI is InChI=1S/C24H22ClN5O2S/c1-2-19-23(31)29(12-14-3-6-17-18(9-14)27-13-28-22(17)26)7-8-30(19)24(32)21-10-15-4-5-16(25)11-20(15)33-21/h3-6,9-11,13,19H,2,7-8,12H2,1H3,(H2,26,27,28). The Balaban J connectivity index is 1.35. The van der Waals surface area contributed by atoms with Crippen LogP contribution in [0.5, 0.6) is 0 Å². The molecule has 3 heterocycles. The largest absolute Gasteiger partial charge is 0.383 e. The molecule has 2 N–H and O–H groups in total. The number of aromatic nitrogens is 2. The molecule has 0 radical (unpaired) electrons. The van der Waals surface area contributed by atoms with E-state index in [4.69, 9.17) is 17.3 Å². The van der Waals surface area contributed by atoms with Crippen molar-refractivity contribution in [2.24, 2.45) is 0 Å². The van der Waals surface area contributed by atoms with Crippen LogP contribution in [0.25, 0.3) is 21.0 Å². The van der Waals surface area contributed by atoms with Gasteiger partial charge in [0.2, 0.25) is 5.91 Å². The quantitative estimate of drug-likeness (QED) is 0.470. The molecule has 4 aromatic rings. The molecule has 1 fully saturated rings. The molecule has 5 rings (SSSR count). The van der Waals surface area contributed by atoms with E-state index in [1.54, 1.807) is 4.90 Å². The van der Waals surface area contributed by atoms with Gasteiger partial charge in [-0.15, -0.1) is 11.3 Å². The van der Waals surface area contributed by atoms with Gasteiger partial charge < -0.3 is 15.5 Å². The molecule has 0 spiro atoms. The zero-order chi connectivity index (χ0) is 23.1. The number of nitrogen functional groups attached to an aromatic ring is 1. The molecule has 2 amide bonds. The number of halogens is 1. The second-order valence-electron chi connectivity index (χ2n) is 8.09. The lowest BCUT2D eigenvalue weighted by Crippen LogP contribution is -2.58. The summed E-state index contributed by atoms with van der Waals surface area (Å²) in [4.78, 5) is 39.1. The topological polar surface area (TPSA) is 92.4 Å². The maximum absolute atomic E-state index is 13.3. The predicted molar refractivity (Wildman–Crippen MR) is 131 cm³/mol. The third-order valence-corrected chi connectivity index (χ3v) is 7.35. The number of piperazine rings is 1. The number of amides is 2. The lowest BCUT2D eigenvalue weighted by Gasteiger charge is -2.40. The van der Waals surface area contributed by atoms with Gasteiger partial charge in [0.25, 0.3) is 5.91 Å². The van der Waals surface area contributed by atoms with Gasteiger partial charge in [-0.2, -0.15) is 0 Å². The third kappa shape index (κ3) is 4.00. The van der Waals surface area contributed by atoms with Crippen LogP contribution in [0.4, 0.5) is 5.82 Å². The normalized spacial score (nSPS) is 16.7. The number of carbonyl (C=O) groups is 2. The molecule has 0 saturated carbocycles. The number of nitrogens with zero attached hydrogens (tertiary/aromatic N) is 4. The maximum atomic E-state index is 13.3. The van der Waals surface area contributed by atoms with Crippen molar-refractivity contribution in [1.29, 1.82) is 0 Å². The Morgan fingerprint density at radius 3 is 2.85 bits per heavy atom. The average molecular weight is 480 g/mol. The molecule has 1 saturated heterocycles. The van der Waals surface area contributed by atoms with E-state index in [0.29, 0.717) is 41.8 Å². The number of nitrogens with two attached hydrogens (primary N) is 1. The summed E-state index contributed by atoms with van der Waals surface area (Å²) in [5.41, 5.74) is 7.62. The Morgan fingerprint density at radius 2 is 2.03 bits per heavy atom. The predicted octanol–water partition coefficient (Wildman–Crippen LogP) is 4.34. The van der Waals surface area contributed by atoms with Crippen LogP contribution in [0.15, 0.2) is 48.8 Å². The van der Waals surface area contributed by atoms with Crippen molar-refractivity contribution in [3.05, 3.63) is 64.3 Å². The second-order valence-corrected chi connectivity index (χ2v) is 9.61. The first-order chi connectivity index (χ1) is 15.9. The summed E-state index contributed by atoms with van der Waals surface area (Å²) >= 11 is 7.50. The molecular formula is C24H22ClN5O2S. The Labute approximate surface area is 199 Å². The molecule has 0 aliphatic carbocycles. The lowest BCUT2D eigenvalue weighted by atomic mass is 10.1. The minimum absolute atomic E-state index is 0.0384. The summed E-state index contributed by atoms with van der Waals surface area (Å²) in [6, 6.07) is 12.7. The van der Waals surface area contributed by atoms with E-state index in [1.165, 1.54) is 17.7 Å². The number of thiophene rings is 1. The maximum Gasteiger partial charge on any atom is 0.264 e. The summed E-state index contributed by atoms with van der Waals surface area (Å²) in [7, 11) is 0. The fourth-order valence-corrected chi connectivity index (χ4v) is 5.62. The second kappa shape index (κ2) is 8.61. The number of hydrogen-bond donors (Lipinski definition) is 1. The van der Waals surface area contributed by atoms with Crippen LogP contribution < -0.4 is 5.73 Å². The van der Waals surface area contributed by atoms with Crippen molar-refractivity contribution in [3.8, 4) is 0 Å². The number of hydrogen-bond acceptors (Lipinski definition) is 6. The monoisotopic (exact) mass is 479 g/mol. The van der Waals surface area contributed by atoms with Crippen molar-refractivity contribution in [2.75, 3.05) is 18.8 Å². The first-order valence-corrected chi connectivity index (χ1v) is 11.9. The summed E-state index contributed by atoms with van der Waals surface area (Å²) < 4.78 is 0.963. The Kier molecular flexibility index (Phi) is 5.64. The molecule has 1 aliphatic heterocycles. The third-order valence-electron chi connectivity index (χ3n) is 6.03. The van der Waals surface area contributed by atoms with Crippen molar-refractivity contribution in [1.82, 2.24) is 19.8 Å². The first-order valence-electron chi connectivity index (χ1n) is 10.7. The fourth-order valence-electron chi connectivity index (χ4n) is 4.33. The van der Waals surface area contributed by atoms with E-state index in [2.05, 4.69) is 9.97 Å². The molecule has 168 valence electrons. The number of anilines is 1. The number of fused-ring (bicyclic) bond motifs is 2. The minimum Gasteiger partial charge on any atom is -0.383 e. The minimum atomic E-state index is -0.488. The summed E-state index contributed by atoms with van der Waals surface area (Å²) in [5, 5.41) is 2.41. The van der Waals surface area contributed by atoms with Gasteiger partial charge in [0.05, 0.1) is 10.4 Å². The van der Waals surface area contributed by atoms with Crippen molar-refractivity contribution < 1.29 is 9.59 Å². The van der Waals surface area contributed by atoms with E-state index >= 15 is 0 Å². The van der Waals surface area contributed by atoms with Crippen LogP contribution in [0.3, 0.4) is 0 Å². The Morgan fingerprint density at radius 1 is 1.18 bits per heavy atom. The van der Waals surface area contributed by atoms with E-state index in [9.17, 15) is 9.59 Å². The van der Waals surface area contributed by atoms with Crippen LogP contribution in [-0.4, -0.2) is 50.7 Å². The SMILES string of the molecule is CCC1C(=O)N(Cc2ccc3c(N)ncnc3c2)CCN1C(=O)c1cc2ccc(Cl)cc2s1. The van der Waals surface area contributed by atoms with E-state index in [0.717, 1.165) is 26.6 Å². The number of benzene rings is 2. The van der Waals surface area contributed by atoms with Crippen LogP contribution in [0.1, 0.15) is 28.6 Å². The number of rotatable bonds is 4. The van der Waals surface area contributed by atoms with Crippen molar-refractivity contribution in [3.63, 3.8) is 0 Å². The Hall–Kier alpha value is -3.23. The molecule has 1 aliphatic rings.